The van der Waals surface area contributed by atoms with Gasteiger partial charge in [0, 0.05) is 13.1 Å². The zero-order valence-corrected chi connectivity index (χ0v) is 12.3. The molecular weight excluding hydrogens is 250 g/mol. The number of hydrogen-bond donors (Lipinski definition) is 1. The van der Waals surface area contributed by atoms with Gasteiger partial charge in [0.2, 0.25) is 0 Å². The summed E-state index contributed by atoms with van der Waals surface area (Å²) in [6, 6.07) is 7.47. The van der Waals surface area contributed by atoms with Crippen molar-refractivity contribution in [1.29, 1.82) is 0 Å². The van der Waals surface area contributed by atoms with E-state index in [0.29, 0.717) is 11.9 Å². The van der Waals surface area contributed by atoms with E-state index in [1.165, 1.54) is 12.8 Å². The van der Waals surface area contributed by atoms with Gasteiger partial charge in [-0.1, -0.05) is 26.0 Å². The SMILES string of the molecule is CC(C)CCCNCCn1cnc2ccccc2c1=O. The standard InChI is InChI=1S/C16H23N3O/c1-13(2)6-5-9-17-10-11-19-12-18-15-8-4-3-7-14(15)16(19)20/h3-4,7-8,12-13,17H,5-6,9-11H2,1-2H3. The summed E-state index contributed by atoms with van der Waals surface area (Å²) in [7, 11) is 0. The van der Waals surface area contributed by atoms with Gasteiger partial charge in [-0.05, 0) is 37.4 Å². The van der Waals surface area contributed by atoms with Crippen molar-refractivity contribution in [1.82, 2.24) is 14.9 Å². The molecule has 2 aromatic rings. The Morgan fingerprint density at radius 2 is 2.05 bits per heavy atom. The van der Waals surface area contributed by atoms with Gasteiger partial charge in [-0.15, -0.1) is 0 Å². The van der Waals surface area contributed by atoms with E-state index in [4.69, 9.17) is 0 Å². The number of nitrogens with zero attached hydrogens (tertiary/aromatic N) is 2. The third-order valence-electron chi connectivity index (χ3n) is 3.40. The number of nitrogens with one attached hydrogen (secondary N) is 1. The largest absolute Gasteiger partial charge is 0.315 e. The first-order chi connectivity index (χ1) is 9.68. The van der Waals surface area contributed by atoms with Crippen molar-refractivity contribution in [3.8, 4) is 0 Å². The first-order valence-corrected chi connectivity index (χ1v) is 7.33. The smallest absolute Gasteiger partial charge is 0.261 e. The van der Waals surface area contributed by atoms with Crippen LogP contribution < -0.4 is 10.9 Å². The summed E-state index contributed by atoms with van der Waals surface area (Å²) in [5, 5.41) is 4.07. The lowest BCUT2D eigenvalue weighted by molar-refractivity contribution is 0.512. The molecule has 0 spiro atoms. The highest BCUT2D eigenvalue weighted by Crippen LogP contribution is 2.04. The average molecular weight is 273 g/mol. The van der Waals surface area contributed by atoms with Crippen LogP contribution in [0.3, 0.4) is 0 Å². The summed E-state index contributed by atoms with van der Waals surface area (Å²) in [5.74, 6) is 0.754. The van der Waals surface area contributed by atoms with Crippen LogP contribution in [-0.2, 0) is 6.54 Å². The molecule has 0 fully saturated rings. The first-order valence-electron chi connectivity index (χ1n) is 7.33. The predicted octanol–water partition coefficient (Wildman–Crippen LogP) is 2.42. The van der Waals surface area contributed by atoms with E-state index in [1.807, 2.05) is 24.3 Å². The minimum Gasteiger partial charge on any atom is -0.315 e. The monoisotopic (exact) mass is 273 g/mol. The Morgan fingerprint density at radius 1 is 1.25 bits per heavy atom. The van der Waals surface area contributed by atoms with Crippen molar-refractivity contribution in [2.75, 3.05) is 13.1 Å². The van der Waals surface area contributed by atoms with Gasteiger partial charge in [-0.25, -0.2) is 4.98 Å². The third-order valence-corrected chi connectivity index (χ3v) is 3.40. The number of aromatic nitrogens is 2. The van der Waals surface area contributed by atoms with Gasteiger partial charge in [0.1, 0.15) is 0 Å². The zero-order valence-electron chi connectivity index (χ0n) is 12.3. The molecule has 0 aliphatic rings. The zero-order chi connectivity index (χ0) is 14.4. The molecule has 0 radical (unpaired) electrons. The average Bonchev–Trinajstić information content (AvgIpc) is 2.45. The van der Waals surface area contributed by atoms with E-state index in [9.17, 15) is 4.79 Å². The molecule has 4 nitrogen and oxygen atoms in total. The molecule has 0 unspecified atom stereocenters. The summed E-state index contributed by atoms with van der Waals surface area (Å²) in [6.07, 6.45) is 4.06. The van der Waals surface area contributed by atoms with Crippen LogP contribution in [0.5, 0.6) is 0 Å². The normalized spacial score (nSPS) is 11.3. The molecule has 108 valence electrons. The summed E-state index contributed by atoms with van der Waals surface area (Å²) < 4.78 is 1.68. The molecule has 4 heteroatoms. The molecule has 0 bridgehead atoms. The van der Waals surface area contributed by atoms with Gasteiger partial charge in [-0.3, -0.25) is 9.36 Å². The molecule has 0 amide bonds. The lowest BCUT2D eigenvalue weighted by Gasteiger charge is -2.08. The fourth-order valence-electron chi connectivity index (χ4n) is 2.23. The lowest BCUT2D eigenvalue weighted by atomic mass is 10.1. The highest BCUT2D eigenvalue weighted by Gasteiger charge is 2.02. The summed E-state index contributed by atoms with van der Waals surface area (Å²) in [6.45, 7) is 6.95. The molecule has 20 heavy (non-hydrogen) atoms. The second kappa shape index (κ2) is 7.20. The number of para-hydroxylation sites is 1. The summed E-state index contributed by atoms with van der Waals surface area (Å²) in [4.78, 5) is 16.5. The van der Waals surface area contributed by atoms with E-state index >= 15 is 0 Å². The Morgan fingerprint density at radius 3 is 2.85 bits per heavy atom. The Bertz CT molecular complexity index is 604. The first kappa shape index (κ1) is 14.7. The van der Waals surface area contributed by atoms with Crippen molar-refractivity contribution in [2.24, 2.45) is 5.92 Å². The van der Waals surface area contributed by atoms with E-state index in [2.05, 4.69) is 24.1 Å². The molecule has 1 aromatic carbocycles. The highest BCUT2D eigenvalue weighted by molar-refractivity contribution is 5.76. The molecule has 0 atom stereocenters. The quantitative estimate of drug-likeness (QED) is 0.788. The van der Waals surface area contributed by atoms with Crippen molar-refractivity contribution in [2.45, 2.75) is 33.2 Å². The molecule has 1 N–H and O–H groups in total. The van der Waals surface area contributed by atoms with Crippen LogP contribution >= 0.6 is 0 Å². The predicted molar refractivity (Wildman–Crippen MR) is 82.9 cm³/mol. The Labute approximate surface area is 119 Å². The van der Waals surface area contributed by atoms with Gasteiger partial charge in [0.15, 0.2) is 0 Å². The van der Waals surface area contributed by atoms with Crippen LogP contribution in [-0.4, -0.2) is 22.6 Å². The summed E-state index contributed by atoms with van der Waals surface area (Å²) in [5.41, 5.74) is 0.804. The maximum absolute atomic E-state index is 12.2. The Balaban J connectivity index is 1.87. The van der Waals surface area contributed by atoms with Crippen LogP contribution in [0, 0.1) is 5.92 Å². The lowest BCUT2D eigenvalue weighted by Crippen LogP contribution is -2.27. The van der Waals surface area contributed by atoms with E-state index in [0.717, 1.165) is 24.5 Å². The van der Waals surface area contributed by atoms with E-state index < -0.39 is 0 Å². The minimum atomic E-state index is 0.0413. The molecule has 0 aliphatic heterocycles. The summed E-state index contributed by atoms with van der Waals surface area (Å²) >= 11 is 0. The van der Waals surface area contributed by atoms with Crippen LogP contribution in [0.25, 0.3) is 10.9 Å². The van der Waals surface area contributed by atoms with Crippen LogP contribution in [0.4, 0.5) is 0 Å². The highest BCUT2D eigenvalue weighted by atomic mass is 16.1. The van der Waals surface area contributed by atoms with Crippen molar-refractivity contribution in [3.05, 3.63) is 40.9 Å². The molecular formula is C16H23N3O. The van der Waals surface area contributed by atoms with Crippen molar-refractivity contribution < 1.29 is 0 Å². The van der Waals surface area contributed by atoms with E-state index in [-0.39, 0.29) is 5.56 Å². The van der Waals surface area contributed by atoms with Gasteiger partial charge < -0.3 is 5.32 Å². The fraction of sp³-hybridized carbons (Fsp3) is 0.500. The fourth-order valence-corrected chi connectivity index (χ4v) is 2.23. The maximum Gasteiger partial charge on any atom is 0.261 e. The van der Waals surface area contributed by atoms with Crippen LogP contribution in [0.2, 0.25) is 0 Å². The number of fused-ring (bicyclic) bond motifs is 1. The van der Waals surface area contributed by atoms with Crippen molar-refractivity contribution in [3.63, 3.8) is 0 Å². The Hall–Kier alpha value is -1.68. The topological polar surface area (TPSA) is 46.9 Å². The molecule has 0 aliphatic carbocycles. The maximum atomic E-state index is 12.2. The molecule has 1 heterocycles. The van der Waals surface area contributed by atoms with Gasteiger partial charge in [0.25, 0.3) is 5.56 Å². The molecule has 0 saturated carbocycles. The second-order valence-electron chi connectivity index (χ2n) is 5.55. The van der Waals surface area contributed by atoms with Gasteiger partial charge >= 0.3 is 0 Å². The second-order valence-corrected chi connectivity index (χ2v) is 5.55. The third kappa shape index (κ3) is 3.90. The minimum absolute atomic E-state index is 0.0413. The van der Waals surface area contributed by atoms with Crippen molar-refractivity contribution >= 4 is 10.9 Å². The van der Waals surface area contributed by atoms with Gasteiger partial charge in [-0.2, -0.15) is 0 Å². The Kier molecular flexibility index (Phi) is 5.30. The van der Waals surface area contributed by atoms with Crippen LogP contribution in [0.1, 0.15) is 26.7 Å². The number of rotatable bonds is 7. The van der Waals surface area contributed by atoms with Crippen LogP contribution in [0.15, 0.2) is 35.4 Å². The molecule has 2 rings (SSSR count). The number of hydrogen-bond acceptors (Lipinski definition) is 3. The molecule has 1 aromatic heterocycles. The van der Waals surface area contributed by atoms with E-state index in [1.54, 1.807) is 10.9 Å². The molecule has 0 saturated heterocycles. The van der Waals surface area contributed by atoms with Gasteiger partial charge in [0.05, 0.1) is 17.2 Å². The number of benzene rings is 1.